The van der Waals surface area contributed by atoms with Gasteiger partial charge in [0.25, 0.3) is 0 Å². The fraction of sp³-hybridized carbons (Fsp3) is 0.200. The minimum absolute atomic E-state index is 0.0818. The van der Waals surface area contributed by atoms with Gasteiger partial charge in [-0.2, -0.15) is 0 Å². The number of nitrogens with zero attached hydrogens (tertiary/aromatic N) is 1. The highest BCUT2D eigenvalue weighted by molar-refractivity contribution is 7.22. The maximum atomic E-state index is 10.8. The smallest absolute Gasteiger partial charge is 0.223 e. The molecule has 0 spiro atoms. The summed E-state index contributed by atoms with van der Waals surface area (Å²) in [5.74, 6) is -0.0818. The number of carbonyl (C=O) groups is 1. The molecule has 14 heavy (non-hydrogen) atoms. The third kappa shape index (κ3) is 1.61. The van der Waals surface area contributed by atoms with Crippen LogP contribution in [0.2, 0.25) is 0 Å². The van der Waals surface area contributed by atoms with Gasteiger partial charge in [0.05, 0.1) is 10.2 Å². The molecule has 0 radical (unpaired) electrons. The topological polar surface area (TPSA) is 42.0 Å². The fourth-order valence-corrected chi connectivity index (χ4v) is 2.27. The number of thiazole rings is 1. The second-order valence-corrected chi connectivity index (χ2v) is 4.12. The Balaban J connectivity index is 2.51. The van der Waals surface area contributed by atoms with E-state index < -0.39 is 0 Å². The van der Waals surface area contributed by atoms with Crippen LogP contribution >= 0.6 is 11.3 Å². The van der Waals surface area contributed by atoms with Crippen molar-refractivity contribution in [1.82, 2.24) is 4.98 Å². The molecule has 1 amide bonds. The number of aryl methyl sites for hydroxylation is 1. The highest BCUT2D eigenvalue weighted by atomic mass is 32.1. The number of carbonyl (C=O) groups excluding carboxylic acids is 1. The van der Waals surface area contributed by atoms with Gasteiger partial charge in [0.2, 0.25) is 5.91 Å². The van der Waals surface area contributed by atoms with Crippen LogP contribution in [0.3, 0.4) is 0 Å². The summed E-state index contributed by atoms with van der Waals surface area (Å²) >= 11 is 1.51. The molecule has 0 atom stereocenters. The van der Waals surface area contributed by atoms with Crippen LogP contribution in [0, 0.1) is 6.92 Å². The lowest BCUT2D eigenvalue weighted by Crippen LogP contribution is -2.04. The van der Waals surface area contributed by atoms with E-state index in [0.717, 1.165) is 10.2 Å². The first-order valence-corrected chi connectivity index (χ1v) is 5.12. The standard InChI is InChI=1S/C10H10N2OS/c1-6-4-3-5-8-9(6)14-10(12-8)11-7(2)13/h3-5H,1-2H3,(H,11,12,13). The van der Waals surface area contributed by atoms with Crippen molar-refractivity contribution < 1.29 is 4.79 Å². The zero-order valence-corrected chi connectivity index (χ0v) is 8.81. The summed E-state index contributed by atoms with van der Waals surface area (Å²) in [6.07, 6.45) is 0. The number of hydrogen-bond donors (Lipinski definition) is 1. The molecule has 1 aromatic carbocycles. The first-order chi connectivity index (χ1) is 6.66. The van der Waals surface area contributed by atoms with Crippen LogP contribution in [-0.2, 0) is 4.79 Å². The number of rotatable bonds is 1. The van der Waals surface area contributed by atoms with Gasteiger partial charge in [-0.05, 0) is 18.6 Å². The van der Waals surface area contributed by atoms with E-state index >= 15 is 0 Å². The molecule has 0 bridgehead atoms. The Kier molecular flexibility index (Phi) is 2.21. The molecule has 3 nitrogen and oxygen atoms in total. The van der Waals surface area contributed by atoms with Gasteiger partial charge in [-0.25, -0.2) is 4.98 Å². The van der Waals surface area contributed by atoms with Gasteiger partial charge in [0, 0.05) is 6.92 Å². The molecule has 2 aromatic rings. The zero-order chi connectivity index (χ0) is 10.1. The van der Waals surface area contributed by atoms with Crippen LogP contribution in [0.5, 0.6) is 0 Å². The van der Waals surface area contributed by atoms with Crippen molar-refractivity contribution in [1.29, 1.82) is 0 Å². The van der Waals surface area contributed by atoms with E-state index in [1.54, 1.807) is 0 Å². The molecule has 1 N–H and O–H groups in total. The molecule has 0 unspecified atom stereocenters. The summed E-state index contributed by atoms with van der Waals surface area (Å²) in [5, 5.41) is 3.36. The summed E-state index contributed by atoms with van der Waals surface area (Å²) in [4.78, 5) is 15.1. The van der Waals surface area contributed by atoms with Gasteiger partial charge < -0.3 is 5.32 Å². The number of benzene rings is 1. The number of nitrogens with one attached hydrogen (secondary N) is 1. The summed E-state index contributed by atoms with van der Waals surface area (Å²) in [6, 6.07) is 5.96. The molecular weight excluding hydrogens is 196 g/mol. The van der Waals surface area contributed by atoms with Crippen molar-refractivity contribution >= 4 is 32.6 Å². The summed E-state index contributed by atoms with van der Waals surface area (Å²) < 4.78 is 1.14. The van der Waals surface area contributed by atoms with Gasteiger partial charge in [0.1, 0.15) is 0 Å². The SMILES string of the molecule is CC(=O)Nc1nc2cccc(C)c2s1. The Morgan fingerprint density at radius 1 is 1.50 bits per heavy atom. The quantitative estimate of drug-likeness (QED) is 0.779. The van der Waals surface area contributed by atoms with Gasteiger partial charge in [-0.3, -0.25) is 4.79 Å². The third-order valence-electron chi connectivity index (χ3n) is 1.89. The molecule has 0 fully saturated rings. The van der Waals surface area contributed by atoms with Crippen LogP contribution in [0.15, 0.2) is 18.2 Å². The summed E-state index contributed by atoms with van der Waals surface area (Å²) in [6.45, 7) is 3.52. The maximum Gasteiger partial charge on any atom is 0.223 e. The lowest BCUT2D eigenvalue weighted by molar-refractivity contribution is -0.114. The summed E-state index contributed by atoms with van der Waals surface area (Å²) in [7, 11) is 0. The van der Waals surface area contributed by atoms with Crippen molar-refractivity contribution in [2.75, 3.05) is 5.32 Å². The minimum atomic E-state index is -0.0818. The van der Waals surface area contributed by atoms with E-state index in [9.17, 15) is 4.79 Å². The van der Waals surface area contributed by atoms with Gasteiger partial charge >= 0.3 is 0 Å². The molecule has 0 aliphatic rings. The van der Waals surface area contributed by atoms with Crippen molar-refractivity contribution in [3.8, 4) is 0 Å². The highest BCUT2D eigenvalue weighted by Gasteiger charge is 2.05. The molecule has 1 heterocycles. The molecule has 72 valence electrons. The fourth-order valence-electron chi connectivity index (χ4n) is 1.29. The second-order valence-electron chi connectivity index (χ2n) is 3.12. The Labute approximate surface area is 85.8 Å². The number of anilines is 1. The number of amides is 1. The van der Waals surface area contributed by atoms with Crippen molar-refractivity contribution in [2.45, 2.75) is 13.8 Å². The summed E-state index contributed by atoms with van der Waals surface area (Å²) in [5.41, 5.74) is 2.13. The third-order valence-corrected chi connectivity index (χ3v) is 3.02. The van der Waals surface area contributed by atoms with E-state index in [4.69, 9.17) is 0 Å². The monoisotopic (exact) mass is 206 g/mol. The number of hydrogen-bond acceptors (Lipinski definition) is 3. The first kappa shape index (κ1) is 9.15. The number of fused-ring (bicyclic) bond motifs is 1. The lowest BCUT2D eigenvalue weighted by atomic mass is 10.2. The first-order valence-electron chi connectivity index (χ1n) is 4.30. The average Bonchev–Trinajstić information content (AvgIpc) is 2.47. The average molecular weight is 206 g/mol. The second kappa shape index (κ2) is 3.38. The van der Waals surface area contributed by atoms with Crippen LogP contribution in [-0.4, -0.2) is 10.9 Å². The highest BCUT2D eigenvalue weighted by Crippen LogP contribution is 2.28. The molecule has 2 rings (SSSR count). The molecule has 0 aliphatic carbocycles. The predicted octanol–water partition coefficient (Wildman–Crippen LogP) is 2.56. The Hall–Kier alpha value is -1.42. The van der Waals surface area contributed by atoms with Gasteiger partial charge in [-0.1, -0.05) is 23.5 Å². The zero-order valence-electron chi connectivity index (χ0n) is 8.00. The van der Waals surface area contributed by atoms with Crippen LogP contribution in [0.25, 0.3) is 10.2 Å². The van der Waals surface area contributed by atoms with Crippen molar-refractivity contribution in [3.63, 3.8) is 0 Å². The normalized spacial score (nSPS) is 10.4. The van der Waals surface area contributed by atoms with Crippen molar-refractivity contribution in [2.24, 2.45) is 0 Å². The van der Waals surface area contributed by atoms with Crippen molar-refractivity contribution in [3.05, 3.63) is 23.8 Å². The number of aromatic nitrogens is 1. The maximum absolute atomic E-state index is 10.8. The van der Waals surface area contributed by atoms with E-state index in [1.807, 2.05) is 25.1 Å². The van der Waals surface area contributed by atoms with E-state index in [0.29, 0.717) is 5.13 Å². The lowest BCUT2D eigenvalue weighted by Gasteiger charge is -1.91. The minimum Gasteiger partial charge on any atom is -0.302 e. The van der Waals surface area contributed by atoms with Crippen LogP contribution < -0.4 is 5.32 Å². The van der Waals surface area contributed by atoms with Crippen LogP contribution in [0.1, 0.15) is 12.5 Å². The molecule has 0 saturated carbocycles. The van der Waals surface area contributed by atoms with E-state index in [-0.39, 0.29) is 5.91 Å². The van der Waals surface area contributed by atoms with E-state index in [2.05, 4.69) is 10.3 Å². The van der Waals surface area contributed by atoms with Crippen LogP contribution in [0.4, 0.5) is 5.13 Å². The molecule has 4 heteroatoms. The molecule has 0 aliphatic heterocycles. The molecular formula is C10H10N2OS. The molecule has 0 saturated heterocycles. The van der Waals surface area contributed by atoms with Gasteiger partial charge in [-0.15, -0.1) is 0 Å². The Bertz CT molecular complexity index is 490. The largest absolute Gasteiger partial charge is 0.302 e. The molecule has 1 aromatic heterocycles. The van der Waals surface area contributed by atoms with E-state index in [1.165, 1.54) is 23.8 Å². The predicted molar refractivity (Wildman–Crippen MR) is 58.7 cm³/mol. The Morgan fingerprint density at radius 2 is 2.29 bits per heavy atom. The Morgan fingerprint density at radius 3 is 2.93 bits per heavy atom. The van der Waals surface area contributed by atoms with Gasteiger partial charge in [0.15, 0.2) is 5.13 Å².